The number of benzene rings is 1. The van der Waals surface area contributed by atoms with E-state index in [0.29, 0.717) is 36.3 Å². The quantitative estimate of drug-likeness (QED) is 0.710. The Balaban J connectivity index is 1.65. The number of rotatable bonds is 7. The van der Waals surface area contributed by atoms with Gasteiger partial charge in [0.05, 0.1) is 13.2 Å². The Hall–Kier alpha value is -1.59. The van der Waals surface area contributed by atoms with Crippen LogP contribution in [0.2, 0.25) is 0 Å². The second-order valence-corrected chi connectivity index (χ2v) is 5.19. The summed E-state index contributed by atoms with van der Waals surface area (Å²) in [6.45, 7) is 2.13. The van der Waals surface area contributed by atoms with E-state index >= 15 is 0 Å². The van der Waals surface area contributed by atoms with Crippen molar-refractivity contribution in [1.29, 1.82) is 0 Å². The Labute approximate surface area is 118 Å². The summed E-state index contributed by atoms with van der Waals surface area (Å²) in [4.78, 5) is 14.6. The van der Waals surface area contributed by atoms with Crippen molar-refractivity contribution < 1.29 is 19.0 Å². The lowest BCUT2D eigenvalue weighted by molar-refractivity contribution is 0.0885. The number of hydrogen-bond donors (Lipinski definition) is 0. The fourth-order valence-electron chi connectivity index (χ4n) is 2.38. The number of Topliss-reactive ketones (excluding diaryl/α,β-unsaturated/α-hetero) is 1. The number of carbonyl (C=O) groups is 1. The predicted molar refractivity (Wildman–Crippen MR) is 73.4 cm³/mol. The minimum atomic E-state index is 0.117. The third-order valence-corrected chi connectivity index (χ3v) is 3.69. The first-order valence-corrected chi connectivity index (χ1v) is 6.94. The highest BCUT2D eigenvalue weighted by molar-refractivity contribution is 5.98. The van der Waals surface area contributed by atoms with Gasteiger partial charge in [0.2, 0.25) is 6.79 Å². The molecule has 0 atom stereocenters. The van der Waals surface area contributed by atoms with Crippen molar-refractivity contribution in [2.45, 2.75) is 18.9 Å². The van der Waals surface area contributed by atoms with Gasteiger partial charge in [0, 0.05) is 25.3 Å². The maximum absolute atomic E-state index is 12.4. The van der Waals surface area contributed by atoms with Gasteiger partial charge in [-0.2, -0.15) is 0 Å². The van der Waals surface area contributed by atoms with Crippen molar-refractivity contribution in [3.05, 3.63) is 23.8 Å². The molecule has 5 nitrogen and oxygen atoms in total. The van der Waals surface area contributed by atoms with Gasteiger partial charge >= 0.3 is 0 Å². The van der Waals surface area contributed by atoms with Crippen LogP contribution >= 0.6 is 0 Å². The van der Waals surface area contributed by atoms with Crippen molar-refractivity contribution in [1.82, 2.24) is 4.90 Å². The van der Waals surface area contributed by atoms with E-state index in [0.717, 1.165) is 6.54 Å². The Morgan fingerprint density at radius 3 is 2.90 bits per heavy atom. The van der Waals surface area contributed by atoms with Gasteiger partial charge in [-0.15, -0.1) is 0 Å². The molecule has 0 N–H and O–H groups in total. The second kappa shape index (κ2) is 5.81. The minimum absolute atomic E-state index is 0.117. The maximum atomic E-state index is 12.4. The molecule has 1 saturated carbocycles. The van der Waals surface area contributed by atoms with Crippen LogP contribution in [0.15, 0.2) is 18.2 Å². The van der Waals surface area contributed by atoms with E-state index in [1.807, 2.05) is 0 Å². The Kier molecular flexibility index (Phi) is 3.89. The molecule has 0 bridgehead atoms. The van der Waals surface area contributed by atoms with E-state index < -0.39 is 0 Å². The summed E-state index contributed by atoms with van der Waals surface area (Å²) in [6, 6.07) is 5.92. The van der Waals surface area contributed by atoms with Gasteiger partial charge in [0.1, 0.15) is 0 Å². The standard InChI is InChI=1S/C15H19NO4/c1-18-7-6-16(12-3-4-12)9-13(17)11-2-5-14-15(8-11)20-10-19-14/h2,5,8,12H,3-4,6-7,9-10H2,1H3. The van der Waals surface area contributed by atoms with Crippen molar-refractivity contribution in [3.63, 3.8) is 0 Å². The van der Waals surface area contributed by atoms with E-state index in [1.165, 1.54) is 12.8 Å². The first-order chi connectivity index (χ1) is 9.78. The molecule has 1 heterocycles. The van der Waals surface area contributed by atoms with E-state index in [-0.39, 0.29) is 12.6 Å². The van der Waals surface area contributed by atoms with E-state index in [2.05, 4.69) is 4.90 Å². The van der Waals surface area contributed by atoms with Crippen molar-refractivity contribution >= 4 is 5.78 Å². The molecular formula is C15H19NO4. The van der Waals surface area contributed by atoms with Crippen LogP contribution in [-0.2, 0) is 4.74 Å². The first-order valence-electron chi connectivity index (χ1n) is 6.94. The van der Waals surface area contributed by atoms with Crippen LogP contribution in [0.4, 0.5) is 0 Å². The van der Waals surface area contributed by atoms with Gasteiger partial charge < -0.3 is 14.2 Å². The molecule has 5 heteroatoms. The van der Waals surface area contributed by atoms with Gasteiger partial charge in [-0.25, -0.2) is 0 Å². The van der Waals surface area contributed by atoms with E-state index in [9.17, 15) is 4.79 Å². The lowest BCUT2D eigenvalue weighted by Crippen LogP contribution is -2.34. The van der Waals surface area contributed by atoms with Crippen LogP contribution in [-0.4, -0.2) is 50.3 Å². The molecule has 2 aliphatic rings. The fourth-order valence-corrected chi connectivity index (χ4v) is 2.38. The molecule has 1 aliphatic heterocycles. The third-order valence-electron chi connectivity index (χ3n) is 3.69. The lowest BCUT2D eigenvalue weighted by atomic mass is 10.1. The number of hydrogen-bond acceptors (Lipinski definition) is 5. The first kappa shape index (κ1) is 13.4. The van der Waals surface area contributed by atoms with Gasteiger partial charge in [0.25, 0.3) is 0 Å². The molecule has 1 aromatic rings. The normalized spacial score (nSPS) is 16.7. The lowest BCUT2D eigenvalue weighted by Gasteiger charge is -2.20. The highest BCUT2D eigenvalue weighted by Gasteiger charge is 2.30. The monoisotopic (exact) mass is 277 g/mol. The summed E-state index contributed by atoms with van der Waals surface area (Å²) < 4.78 is 15.7. The van der Waals surface area contributed by atoms with Crippen LogP contribution in [0.25, 0.3) is 0 Å². The molecule has 0 amide bonds. The Bertz CT molecular complexity index is 499. The SMILES string of the molecule is COCCN(CC(=O)c1ccc2c(c1)OCO2)C1CC1. The minimum Gasteiger partial charge on any atom is -0.454 e. The number of fused-ring (bicyclic) bond motifs is 1. The smallest absolute Gasteiger partial charge is 0.231 e. The molecule has 0 saturated heterocycles. The summed E-state index contributed by atoms with van der Waals surface area (Å²) in [5, 5.41) is 0. The molecule has 0 radical (unpaired) electrons. The number of carbonyl (C=O) groups excluding carboxylic acids is 1. The van der Waals surface area contributed by atoms with Crippen molar-refractivity contribution in [2.24, 2.45) is 0 Å². The zero-order valence-corrected chi connectivity index (χ0v) is 11.6. The molecule has 1 fully saturated rings. The summed E-state index contributed by atoms with van der Waals surface area (Å²) in [6.07, 6.45) is 2.36. The van der Waals surface area contributed by atoms with Crippen LogP contribution < -0.4 is 9.47 Å². The number of ketones is 1. The molecule has 20 heavy (non-hydrogen) atoms. The molecular weight excluding hydrogens is 258 g/mol. The van der Waals surface area contributed by atoms with Crippen LogP contribution in [0.1, 0.15) is 23.2 Å². The molecule has 108 valence electrons. The number of ether oxygens (including phenoxy) is 3. The second-order valence-electron chi connectivity index (χ2n) is 5.19. The number of nitrogens with zero attached hydrogens (tertiary/aromatic N) is 1. The summed E-state index contributed by atoms with van der Waals surface area (Å²) >= 11 is 0. The van der Waals surface area contributed by atoms with Crippen LogP contribution in [0, 0.1) is 0 Å². The molecule has 1 aromatic carbocycles. The van der Waals surface area contributed by atoms with Crippen LogP contribution in [0.3, 0.4) is 0 Å². The van der Waals surface area contributed by atoms with E-state index in [1.54, 1.807) is 25.3 Å². The summed E-state index contributed by atoms with van der Waals surface area (Å²) in [5.41, 5.74) is 0.678. The topological polar surface area (TPSA) is 48.0 Å². The third kappa shape index (κ3) is 2.94. The van der Waals surface area contributed by atoms with Gasteiger partial charge in [-0.05, 0) is 31.0 Å². The molecule has 3 rings (SSSR count). The zero-order chi connectivity index (χ0) is 13.9. The average molecular weight is 277 g/mol. The number of methoxy groups -OCH3 is 1. The average Bonchev–Trinajstić information content (AvgIpc) is 3.20. The highest BCUT2D eigenvalue weighted by Crippen LogP contribution is 2.33. The van der Waals surface area contributed by atoms with Gasteiger partial charge in [0.15, 0.2) is 17.3 Å². The maximum Gasteiger partial charge on any atom is 0.231 e. The zero-order valence-electron chi connectivity index (χ0n) is 11.6. The highest BCUT2D eigenvalue weighted by atomic mass is 16.7. The molecule has 0 aromatic heterocycles. The van der Waals surface area contributed by atoms with Crippen molar-refractivity contribution in [2.75, 3.05) is 33.6 Å². The fraction of sp³-hybridized carbons (Fsp3) is 0.533. The Morgan fingerprint density at radius 2 is 2.15 bits per heavy atom. The largest absolute Gasteiger partial charge is 0.454 e. The predicted octanol–water partition coefficient (Wildman–Crippen LogP) is 1.71. The van der Waals surface area contributed by atoms with Crippen LogP contribution in [0.5, 0.6) is 11.5 Å². The van der Waals surface area contributed by atoms with Crippen molar-refractivity contribution in [3.8, 4) is 11.5 Å². The molecule has 0 unspecified atom stereocenters. The summed E-state index contributed by atoms with van der Waals surface area (Å²) in [7, 11) is 1.69. The van der Waals surface area contributed by atoms with Gasteiger partial charge in [-0.3, -0.25) is 9.69 Å². The summed E-state index contributed by atoms with van der Waals surface area (Å²) in [5.74, 6) is 1.48. The molecule has 1 aliphatic carbocycles. The van der Waals surface area contributed by atoms with Gasteiger partial charge in [-0.1, -0.05) is 0 Å². The van der Waals surface area contributed by atoms with E-state index in [4.69, 9.17) is 14.2 Å². The Morgan fingerprint density at radius 1 is 1.35 bits per heavy atom. The molecule has 0 spiro atoms.